The summed E-state index contributed by atoms with van der Waals surface area (Å²) in [5, 5.41) is 4.65. The molecule has 53 heavy (non-hydrogen) atoms. The van der Waals surface area contributed by atoms with Gasteiger partial charge in [0, 0.05) is 27.5 Å². The van der Waals surface area contributed by atoms with E-state index in [0.717, 1.165) is 72.0 Å². The minimum Gasteiger partial charge on any atom is -0.456 e. The Labute approximate surface area is 306 Å². The van der Waals surface area contributed by atoms with Crippen molar-refractivity contribution in [1.29, 1.82) is 0 Å². The molecule has 8 aromatic carbocycles. The molecule has 0 aliphatic carbocycles. The van der Waals surface area contributed by atoms with E-state index in [0.29, 0.717) is 17.5 Å². The highest BCUT2D eigenvalue weighted by Crippen LogP contribution is 2.40. The van der Waals surface area contributed by atoms with Crippen LogP contribution in [0.3, 0.4) is 0 Å². The Morgan fingerprint density at radius 2 is 0.736 bits per heavy atom. The average Bonchev–Trinajstić information content (AvgIpc) is 3.61. The first kappa shape index (κ1) is 30.6. The fraction of sp³-hybridized carbons (Fsp3) is 0. The van der Waals surface area contributed by atoms with Gasteiger partial charge in [0.05, 0.1) is 0 Å². The number of rotatable bonds is 6. The smallest absolute Gasteiger partial charge is 0.164 e. The molecule has 2 aromatic heterocycles. The zero-order valence-corrected chi connectivity index (χ0v) is 28.6. The van der Waals surface area contributed by atoms with Gasteiger partial charge in [0.2, 0.25) is 0 Å². The largest absolute Gasteiger partial charge is 0.456 e. The number of hydrogen-bond acceptors (Lipinski definition) is 4. The zero-order chi connectivity index (χ0) is 35.1. The minimum absolute atomic E-state index is 0.636. The topological polar surface area (TPSA) is 51.8 Å². The Morgan fingerprint density at radius 3 is 1.34 bits per heavy atom. The summed E-state index contributed by atoms with van der Waals surface area (Å²) in [6, 6.07) is 65.3. The van der Waals surface area contributed by atoms with E-state index >= 15 is 0 Å². The van der Waals surface area contributed by atoms with Crippen molar-refractivity contribution in [1.82, 2.24) is 15.0 Å². The number of nitrogens with zero attached hydrogens (tertiary/aromatic N) is 3. The molecular formula is C49H31N3O. The van der Waals surface area contributed by atoms with Crippen molar-refractivity contribution in [2.45, 2.75) is 0 Å². The maximum absolute atomic E-state index is 6.39. The molecule has 0 saturated carbocycles. The molecule has 4 heteroatoms. The number of aromatic nitrogens is 3. The molecule has 0 bridgehead atoms. The van der Waals surface area contributed by atoms with Gasteiger partial charge in [0.15, 0.2) is 17.5 Å². The monoisotopic (exact) mass is 677 g/mol. The molecule has 0 aliphatic rings. The lowest BCUT2D eigenvalue weighted by Crippen LogP contribution is -2.00. The van der Waals surface area contributed by atoms with Gasteiger partial charge < -0.3 is 4.42 Å². The summed E-state index contributed by atoms with van der Waals surface area (Å²) in [5.41, 5.74) is 11.4. The summed E-state index contributed by atoms with van der Waals surface area (Å²) in [6.07, 6.45) is 0. The van der Waals surface area contributed by atoms with Crippen LogP contribution in [0.1, 0.15) is 0 Å². The SMILES string of the molecule is c1ccc(-c2nc(-c3ccccc3)nc(-c3cccc(-c4cccc(-c5cccc(-c6cccc7oc8cc9ccccc9cc8c67)c5)c4)c3)n2)cc1. The number of benzene rings is 8. The summed E-state index contributed by atoms with van der Waals surface area (Å²) in [4.78, 5) is 14.8. The highest BCUT2D eigenvalue weighted by atomic mass is 16.3. The van der Waals surface area contributed by atoms with Crippen molar-refractivity contribution in [3.63, 3.8) is 0 Å². The summed E-state index contributed by atoms with van der Waals surface area (Å²) in [7, 11) is 0. The van der Waals surface area contributed by atoms with Crippen molar-refractivity contribution in [2.24, 2.45) is 0 Å². The molecular weight excluding hydrogens is 647 g/mol. The first-order chi connectivity index (χ1) is 26.2. The van der Waals surface area contributed by atoms with E-state index < -0.39 is 0 Å². The van der Waals surface area contributed by atoms with Crippen LogP contribution >= 0.6 is 0 Å². The van der Waals surface area contributed by atoms with E-state index in [1.54, 1.807) is 0 Å². The molecule has 0 aliphatic heterocycles. The van der Waals surface area contributed by atoms with Crippen LogP contribution in [0.4, 0.5) is 0 Å². The molecule has 248 valence electrons. The maximum Gasteiger partial charge on any atom is 0.164 e. The Kier molecular flexibility index (Phi) is 7.43. The van der Waals surface area contributed by atoms with Crippen LogP contribution in [0, 0.1) is 0 Å². The Balaban J connectivity index is 1.03. The molecule has 0 amide bonds. The fourth-order valence-electron chi connectivity index (χ4n) is 7.27. The van der Waals surface area contributed by atoms with Crippen LogP contribution in [-0.4, -0.2) is 15.0 Å². The van der Waals surface area contributed by atoms with Crippen LogP contribution in [0.15, 0.2) is 192 Å². The van der Waals surface area contributed by atoms with Crippen LogP contribution in [0.2, 0.25) is 0 Å². The lowest BCUT2D eigenvalue weighted by molar-refractivity contribution is 0.669. The molecule has 0 unspecified atom stereocenters. The van der Waals surface area contributed by atoms with Crippen molar-refractivity contribution in [3.05, 3.63) is 188 Å². The predicted octanol–water partition coefficient (Wildman–Crippen LogP) is 12.9. The standard InChI is InChI=1S/C49H31N3O/c1-3-13-32(14-4-1)47-50-48(33-15-5-2-6-16-33)52-49(51-47)41-24-11-22-37(29-41)35-20-9-19-34(27-35)36-21-10-23-40(28-36)42-25-12-26-44-46(42)43-30-38-17-7-8-18-39(38)31-45(43)53-44/h1-31H. The highest BCUT2D eigenvalue weighted by molar-refractivity contribution is 6.15. The van der Waals surface area contributed by atoms with E-state index in [2.05, 4.69) is 127 Å². The van der Waals surface area contributed by atoms with Gasteiger partial charge in [-0.05, 0) is 80.6 Å². The highest BCUT2D eigenvalue weighted by Gasteiger charge is 2.16. The van der Waals surface area contributed by atoms with E-state index in [4.69, 9.17) is 19.4 Å². The van der Waals surface area contributed by atoms with Crippen LogP contribution < -0.4 is 0 Å². The molecule has 10 aromatic rings. The lowest BCUT2D eigenvalue weighted by atomic mass is 9.94. The molecule has 0 N–H and O–H groups in total. The van der Waals surface area contributed by atoms with Crippen molar-refractivity contribution >= 4 is 32.7 Å². The van der Waals surface area contributed by atoms with Crippen molar-refractivity contribution in [2.75, 3.05) is 0 Å². The third-order valence-electron chi connectivity index (χ3n) is 9.89. The van der Waals surface area contributed by atoms with Gasteiger partial charge in [-0.15, -0.1) is 0 Å². The zero-order valence-electron chi connectivity index (χ0n) is 28.6. The van der Waals surface area contributed by atoms with Gasteiger partial charge in [-0.25, -0.2) is 15.0 Å². The first-order valence-corrected chi connectivity index (χ1v) is 17.8. The summed E-state index contributed by atoms with van der Waals surface area (Å²) in [5.74, 6) is 1.93. The Hall–Kier alpha value is -7.17. The molecule has 0 spiro atoms. The van der Waals surface area contributed by atoms with E-state index in [9.17, 15) is 0 Å². The number of fused-ring (bicyclic) bond motifs is 4. The van der Waals surface area contributed by atoms with Crippen LogP contribution in [0.5, 0.6) is 0 Å². The second-order valence-electron chi connectivity index (χ2n) is 13.3. The van der Waals surface area contributed by atoms with Gasteiger partial charge in [0.1, 0.15) is 11.2 Å². The molecule has 10 rings (SSSR count). The van der Waals surface area contributed by atoms with Crippen LogP contribution in [-0.2, 0) is 0 Å². The normalized spacial score (nSPS) is 11.4. The van der Waals surface area contributed by atoms with Gasteiger partial charge in [-0.1, -0.05) is 152 Å². The molecule has 0 fully saturated rings. The second kappa shape index (κ2) is 12.9. The van der Waals surface area contributed by atoms with Gasteiger partial charge in [0.25, 0.3) is 0 Å². The van der Waals surface area contributed by atoms with Crippen molar-refractivity contribution in [3.8, 4) is 67.5 Å². The quantitative estimate of drug-likeness (QED) is 0.176. The van der Waals surface area contributed by atoms with E-state index in [-0.39, 0.29) is 0 Å². The molecule has 0 radical (unpaired) electrons. The first-order valence-electron chi connectivity index (χ1n) is 17.8. The van der Waals surface area contributed by atoms with Crippen molar-refractivity contribution < 1.29 is 4.42 Å². The van der Waals surface area contributed by atoms with Gasteiger partial charge in [-0.2, -0.15) is 0 Å². The third kappa shape index (κ3) is 5.73. The van der Waals surface area contributed by atoms with E-state index in [1.165, 1.54) is 10.8 Å². The lowest BCUT2D eigenvalue weighted by Gasteiger charge is -2.11. The fourth-order valence-corrected chi connectivity index (χ4v) is 7.27. The second-order valence-corrected chi connectivity index (χ2v) is 13.3. The Bertz CT molecular complexity index is 2890. The van der Waals surface area contributed by atoms with Crippen LogP contribution in [0.25, 0.3) is 100 Å². The minimum atomic E-state index is 0.636. The summed E-state index contributed by atoms with van der Waals surface area (Å²) < 4.78 is 6.39. The average molecular weight is 678 g/mol. The maximum atomic E-state index is 6.39. The predicted molar refractivity (Wildman–Crippen MR) is 217 cm³/mol. The third-order valence-corrected chi connectivity index (χ3v) is 9.89. The summed E-state index contributed by atoms with van der Waals surface area (Å²) in [6.45, 7) is 0. The van der Waals surface area contributed by atoms with Gasteiger partial charge in [-0.3, -0.25) is 0 Å². The van der Waals surface area contributed by atoms with E-state index in [1.807, 2.05) is 60.7 Å². The summed E-state index contributed by atoms with van der Waals surface area (Å²) >= 11 is 0. The Morgan fingerprint density at radius 1 is 0.302 bits per heavy atom. The number of hydrogen-bond donors (Lipinski definition) is 0. The van der Waals surface area contributed by atoms with Gasteiger partial charge >= 0.3 is 0 Å². The molecule has 2 heterocycles. The molecule has 0 atom stereocenters. The molecule has 0 saturated heterocycles. The molecule has 4 nitrogen and oxygen atoms in total. The number of furan rings is 1.